The van der Waals surface area contributed by atoms with Gasteiger partial charge in [-0.25, -0.2) is 9.78 Å². The average Bonchev–Trinajstić information content (AvgIpc) is 2.53. The Morgan fingerprint density at radius 1 is 1.33 bits per heavy atom. The Morgan fingerprint density at radius 2 is 2.10 bits per heavy atom. The van der Waals surface area contributed by atoms with Gasteiger partial charge in [-0.3, -0.25) is 4.79 Å². The number of hydrogen-bond donors (Lipinski definition) is 0. The summed E-state index contributed by atoms with van der Waals surface area (Å²) in [5, 5.41) is 0.221. The number of aldehydes is 1. The maximum atomic E-state index is 11.6. The Bertz CT molecular complexity index is 717. The highest BCUT2D eigenvalue weighted by Crippen LogP contribution is 2.10. The van der Waals surface area contributed by atoms with E-state index in [1.54, 1.807) is 24.3 Å². The molecule has 2 aromatic rings. The van der Waals surface area contributed by atoms with Gasteiger partial charge in [0.1, 0.15) is 5.15 Å². The molecule has 0 saturated carbocycles. The monoisotopic (exact) mass is 299 g/mol. The first-order valence-electron chi connectivity index (χ1n) is 6.02. The molecule has 1 aromatic carbocycles. The predicted molar refractivity (Wildman–Crippen MR) is 78.2 cm³/mol. The molecular formula is C16H10ClNO3. The Morgan fingerprint density at radius 3 is 2.81 bits per heavy atom. The van der Waals surface area contributed by atoms with Crippen LogP contribution in [0.3, 0.4) is 0 Å². The average molecular weight is 300 g/mol. The van der Waals surface area contributed by atoms with Crippen LogP contribution in [0.2, 0.25) is 5.15 Å². The number of esters is 1. The van der Waals surface area contributed by atoms with Crippen LogP contribution in [-0.4, -0.2) is 23.8 Å². The normalized spacial score (nSPS) is 9.38. The third-order valence-corrected chi connectivity index (χ3v) is 2.74. The number of ether oxygens (including phenoxy) is 1. The fraction of sp³-hybridized carbons (Fsp3) is 0.0625. The van der Waals surface area contributed by atoms with E-state index in [1.807, 2.05) is 6.07 Å². The van der Waals surface area contributed by atoms with Crippen molar-refractivity contribution in [1.29, 1.82) is 0 Å². The minimum absolute atomic E-state index is 0.0748. The smallest absolute Gasteiger partial charge is 0.339 e. The van der Waals surface area contributed by atoms with Gasteiger partial charge in [0, 0.05) is 11.8 Å². The van der Waals surface area contributed by atoms with Crippen LogP contribution in [-0.2, 0) is 4.74 Å². The standard InChI is InChI=1S/C16H10ClNO3/c17-15-9-14(11-19)13(10-18-15)7-4-8-21-16(20)12-5-2-1-3-6-12/h1-3,5-6,9-11H,8H2. The summed E-state index contributed by atoms with van der Waals surface area (Å²) in [5.41, 5.74) is 1.24. The SMILES string of the molecule is O=Cc1cc(Cl)ncc1C#CCOC(=O)c1ccccc1. The Balaban J connectivity index is 1.99. The largest absolute Gasteiger partial charge is 0.449 e. The van der Waals surface area contributed by atoms with Gasteiger partial charge in [-0.2, -0.15) is 0 Å². The van der Waals surface area contributed by atoms with Crippen molar-refractivity contribution < 1.29 is 14.3 Å². The number of nitrogens with zero attached hydrogens (tertiary/aromatic N) is 1. The topological polar surface area (TPSA) is 56.3 Å². The summed E-state index contributed by atoms with van der Waals surface area (Å²) in [6, 6.07) is 10.0. The van der Waals surface area contributed by atoms with Gasteiger partial charge in [0.15, 0.2) is 12.9 Å². The molecule has 0 radical (unpaired) electrons. The van der Waals surface area contributed by atoms with Gasteiger partial charge >= 0.3 is 5.97 Å². The Hall–Kier alpha value is -2.64. The van der Waals surface area contributed by atoms with E-state index >= 15 is 0 Å². The van der Waals surface area contributed by atoms with E-state index in [4.69, 9.17) is 16.3 Å². The highest BCUT2D eigenvalue weighted by molar-refractivity contribution is 6.29. The zero-order valence-electron chi connectivity index (χ0n) is 10.9. The fourth-order valence-corrected chi connectivity index (χ4v) is 1.70. The second kappa shape index (κ2) is 7.22. The number of halogens is 1. The highest BCUT2D eigenvalue weighted by atomic mass is 35.5. The zero-order valence-corrected chi connectivity index (χ0v) is 11.6. The number of carbonyl (C=O) groups excluding carboxylic acids is 2. The molecule has 1 heterocycles. The van der Waals surface area contributed by atoms with Crippen LogP contribution in [0.4, 0.5) is 0 Å². The molecular weight excluding hydrogens is 290 g/mol. The van der Waals surface area contributed by atoms with Crippen molar-refractivity contribution in [3.8, 4) is 11.8 Å². The van der Waals surface area contributed by atoms with Crippen LogP contribution in [0.1, 0.15) is 26.3 Å². The van der Waals surface area contributed by atoms with Gasteiger partial charge in [0.25, 0.3) is 0 Å². The number of carbonyl (C=O) groups is 2. The molecule has 21 heavy (non-hydrogen) atoms. The minimum atomic E-state index is -0.449. The third-order valence-electron chi connectivity index (χ3n) is 2.54. The second-order valence-electron chi connectivity index (χ2n) is 3.96. The van der Waals surface area contributed by atoms with E-state index in [1.165, 1.54) is 12.3 Å². The summed E-state index contributed by atoms with van der Waals surface area (Å²) in [6.07, 6.45) is 2.05. The van der Waals surface area contributed by atoms with Gasteiger partial charge in [0.05, 0.1) is 11.1 Å². The number of aromatic nitrogens is 1. The molecule has 0 aliphatic rings. The highest BCUT2D eigenvalue weighted by Gasteiger charge is 2.04. The molecule has 0 fully saturated rings. The van der Waals surface area contributed by atoms with Crippen LogP contribution >= 0.6 is 11.6 Å². The summed E-state index contributed by atoms with van der Waals surface area (Å²) >= 11 is 5.68. The number of pyridine rings is 1. The van der Waals surface area contributed by atoms with Crippen molar-refractivity contribution in [2.45, 2.75) is 0 Å². The third kappa shape index (κ3) is 4.16. The Labute approximate surface area is 126 Å². The molecule has 0 aliphatic carbocycles. The maximum absolute atomic E-state index is 11.6. The zero-order chi connectivity index (χ0) is 15.1. The fourth-order valence-electron chi connectivity index (χ4n) is 1.54. The van der Waals surface area contributed by atoms with Gasteiger partial charge < -0.3 is 4.74 Å². The lowest BCUT2D eigenvalue weighted by atomic mass is 10.1. The quantitative estimate of drug-likeness (QED) is 0.378. The van der Waals surface area contributed by atoms with Gasteiger partial charge in [-0.05, 0) is 18.2 Å². The summed E-state index contributed by atoms with van der Waals surface area (Å²) in [5.74, 6) is 4.93. The van der Waals surface area contributed by atoms with Crippen molar-refractivity contribution in [2.24, 2.45) is 0 Å². The second-order valence-corrected chi connectivity index (χ2v) is 4.34. The van der Waals surface area contributed by atoms with Crippen LogP contribution in [0, 0.1) is 11.8 Å². The molecule has 1 aromatic heterocycles. The molecule has 0 atom stereocenters. The first-order chi connectivity index (χ1) is 10.2. The molecule has 0 N–H and O–H groups in total. The first-order valence-corrected chi connectivity index (χ1v) is 6.40. The molecule has 2 rings (SSSR count). The van der Waals surface area contributed by atoms with Crippen molar-refractivity contribution in [1.82, 2.24) is 4.98 Å². The molecule has 0 bridgehead atoms. The number of rotatable bonds is 3. The summed E-state index contributed by atoms with van der Waals surface area (Å²) in [4.78, 5) is 26.4. The van der Waals surface area contributed by atoms with E-state index in [0.29, 0.717) is 23.0 Å². The number of hydrogen-bond acceptors (Lipinski definition) is 4. The molecule has 0 saturated heterocycles. The predicted octanol–water partition coefficient (Wildman–Crippen LogP) is 2.76. The minimum Gasteiger partial charge on any atom is -0.449 e. The van der Waals surface area contributed by atoms with E-state index in [9.17, 15) is 9.59 Å². The maximum Gasteiger partial charge on any atom is 0.339 e. The molecule has 0 amide bonds. The van der Waals surface area contributed by atoms with Crippen LogP contribution in [0.5, 0.6) is 0 Å². The van der Waals surface area contributed by atoms with Crippen molar-refractivity contribution in [3.05, 3.63) is 64.4 Å². The molecule has 0 spiro atoms. The van der Waals surface area contributed by atoms with E-state index in [0.717, 1.165) is 0 Å². The molecule has 0 aliphatic heterocycles. The first kappa shape index (κ1) is 14.8. The summed E-state index contributed by atoms with van der Waals surface area (Å²) < 4.78 is 5.00. The van der Waals surface area contributed by atoms with Crippen molar-refractivity contribution in [2.75, 3.05) is 6.61 Å². The van der Waals surface area contributed by atoms with Crippen LogP contribution in [0.25, 0.3) is 0 Å². The molecule has 104 valence electrons. The van der Waals surface area contributed by atoms with Gasteiger partial charge in [0.2, 0.25) is 0 Å². The lowest BCUT2D eigenvalue weighted by Crippen LogP contribution is -2.04. The Kier molecular flexibility index (Phi) is 5.08. The van der Waals surface area contributed by atoms with Crippen molar-refractivity contribution >= 4 is 23.9 Å². The molecule has 0 unspecified atom stereocenters. The molecule has 4 nitrogen and oxygen atoms in total. The lowest BCUT2D eigenvalue weighted by molar-refractivity contribution is 0.0556. The van der Waals surface area contributed by atoms with Gasteiger partial charge in [-0.15, -0.1) is 0 Å². The summed E-state index contributed by atoms with van der Waals surface area (Å²) in [7, 11) is 0. The lowest BCUT2D eigenvalue weighted by Gasteiger charge is -2.00. The van der Waals surface area contributed by atoms with Gasteiger partial charge in [-0.1, -0.05) is 41.6 Å². The van der Waals surface area contributed by atoms with E-state index in [-0.39, 0.29) is 11.8 Å². The van der Waals surface area contributed by atoms with Crippen LogP contribution < -0.4 is 0 Å². The van der Waals surface area contributed by atoms with E-state index in [2.05, 4.69) is 16.8 Å². The molecule has 5 heteroatoms. The number of benzene rings is 1. The van der Waals surface area contributed by atoms with Crippen LogP contribution in [0.15, 0.2) is 42.6 Å². The van der Waals surface area contributed by atoms with E-state index < -0.39 is 5.97 Å². The van der Waals surface area contributed by atoms with Crippen molar-refractivity contribution in [3.63, 3.8) is 0 Å². The summed E-state index contributed by atoms with van der Waals surface area (Å²) in [6.45, 7) is -0.0748.